The molecular formula is C12H17NOS. The maximum Gasteiger partial charge on any atom is 0.0486 e. The molecule has 3 rings (SSSR count). The second kappa shape index (κ2) is 3.89. The molecule has 0 aliphatic carbocycles. The molecule has 2 aliphatic heterocycles. The quantitative estimate of drug-likeness (QED) is 0.728. The zero-order valence-corrected chi connectivity index (χ0v) is 9.74. The first-order valence-corrected chi connectivity index (χ1v) is 6.68. The van der Waals surface area contributed by atoms with E-state index in [0.717, 1.165) is 26.2 Å². The summed E-state index contributed by atoms with van der Waals surface area (Å²) < 4.78 is 5.58. The van der Waals surface area contributed by atoms with Gasteiger partial charge in [-0.2, -0.15) is 0 Å². The van der Waals surface area contributed by atoms with E-state index in [1.165, 1.54) is 19.3 Å². The van der Waals surface area contributed by atoms with Crippen molar-refractivity contribution in [2.75, 3.05) is 19.8 Å². The van der Waals surface area contributed by atoms with Gasteiger partial charge in [0.2, 0.25) is 0 Å². The molecule has 15 heavy (non-hydrogen) atoms. The van der Waals surface area contributed by atoms with Gasteiger partial charge in [0.05, 0.1) is 0 Å². The van der Waals surface area contributed by atoms with Gasteiger partial charge >= 0.3 is 0 Å². The number of hydrogen-bond acceptors (Lipinski definition) is 3. The van der Waals surface area contributed by atoms with Crippen LogP contribution in [0.15, 0.2) is 11.4 Å². The van der Waals surface area contributed by atoms with Gasteiger partial charge in [-0.05, 0) is 42.7 Å². The van der Waals surface area contributed by atoms with Crippen LogP contribution in [-0.4, -0.2) is 19.8 Å². The lowest BCUT2D eigenvalue weighted by Crippen LogP contribution is -2.46. The Kier molecular flexibility index (Phi) is 2.54. The highest BCUT2D eigenvalue weighted by molar-refractivity contribution is 7.10. The minimum atomic E-state index is 0.240. The molecule has 1 aromatic heterocycles. The molecule has 3 heteroatoms. The third-order valence-corrected chi connectivity index (χ3v) is 4.62. The Bertz CT molecular complexity index is 339. The summed E-state index contributed by atoms with van der Waals surface area (Å²) in [7, 11) is 0. The van der Waals surface area contributed by atoms with E-state index in [9.17, 15) is 0 Å². The summed E-state index contributed by atoms with van der Waals surface area (Å²) in [5.41, 5.74) is 1.80. The molecule has 1 aromatic rings. The van der Waals surface area contributed by atoms with Crippen LogP contribution in [0.5, 0.6) is 0 Å². The van der Waals surface area contributed by atoms with Crippen LogP contribution in [0.25, 0.3) is 0 Å². The van der Waals surface area contributed by atoms with E-state index in [0.29, 0.717) is 0 Å². The van der Waals surface area contributed by atoms with Gasteiger partial charge < -0.3 is 10.1 Å². The van der Waals surface area contributed by atoms with Gasteiger partial charge in [-0.25, -0.2) is 0 Å². The summed E-state index contributed by atoms with van der Waals surface area (Å²) in [5, 5.41) is 5.98. The summed E-state index contributed by atoms with van der Waals surface area (Å²) >= 11 is 1.92. The first-order valence-electron chi connectivity index (χ1n) is 5.80. The topological polar surface area (TPSA) is 21.3 Å². The second-order valence-electron chi connectivity index (χ2n) is 4.48. The van der Waals surface area contributed by atoms with E-state index in [2.05, 4.69) is 16.8 Å². The van der Waals surface area contributed by atoms with Gasteiger partial charge in [-0.1, -0.05) is 0 Å². The summed E-state index contributed by atoms with van der Waals surface area (Å²) in [6.45, 7) is 2.97. The Morgan fingerprint density at radius 3 is 3.33 bits per heavy atom. The number of fused-ring (bicyclic) bond motifs is 2. The average Bonchev–Trinajstić information content (AvgIpc) is 2.62. The van der Waals surface area contributed by atoms with Crippen molar-refractivity contribution < 1.29 is 4.74 Å². The fourth-order valence-corrected chi connectivity index (χ4v) is 3.85. The van der Waals surface area contributed by atoms with Crippen molar-refractivity contribution in [3.05, 3.63) is 21.9 Å². The third-order valence-electron chi connectivity index (χ3n) is 3.64. The van der Waals surface area contributed by atoms with Crippen molar-refractivity contribution in [1.29, 1.82) is 0 Å². The fourth-order valence-electron chi connectivity index (χ4n) is 2.87. The van der Waals surface area contributed by atoms with E-state index in [1.807, 2.05) is 11.3 Å². The number of ether oxygens (including phenoxy) is 1. The van der Waals surface area contributed by atoms with Crippen LogP contribution in [0.3, 0.4) is 0 Å². The molecule has 1 N–H and O–H groups in total. The van der Waals surface area contributed by atoms with E-state index in [-0.39, 0.29) is 5.54 Å². The minimum Gasteiger partial charge on any atom is -0.381 e. The minimum absolute atomic E-state index is 0.240. The Hall–Kier alpha value is -0.380. The molecule has 0 aromatic carbocycles. The maximum absolute atomic E-state index is 5.58. The van der Waals surface area contributed by atoms with E-state index in [1.54, 1.807) is 10.4 Å². The van der Waals surface area contributed by atoms with Crippen LogP contribution < -0.4 is 5.32 Å². The smallest absolute Gasteiger partial charge is 0.0486 e. The lowest BCUT2D eigenvalue weighted by atomic mass is 9.81. The van der Waals surface area contributed by atoms with Crippen molar-refractivity contribution in [2.45, 2.75) is 31.2 Å². The van der Waals surface area contributed by atoms with Crippen LogP contribution in [0.1, 0.15) is 29.7 Å². The predicted molar refractivity (Wildman–Crippen MR) is 62.4 cm³/mol. The van der Waals surface area contributed by atoms with Crippen LogP contribution in [0.4, 0.5) is 0 Å². The van der Waals surface area contributed by atoms with Gasteiger partial charge in [0.15, 0.2) is 0 Å². The summed E-state index contributed by atoms with van der Waals surface area (Å²) in [4.78, 5) is 1.59. The Labute approximate surface area is 94.6 Å². The predicted octanol–water partition coefficient (Wildman–Crippen LogP) is 2.29. The monoisotopic (exact) mass is 223 g/mol. The SMILES string of the molecule is c1cc2c(s1)CCNC21CCCOCC1. The summed E-state index contributed by atoms with van der Waals surface area (Å²) in [6, 6.07) is 2.32. The van der Waals surface area contributed by atoms with Crippen LogP contribution >= 0.6 is 11.3 Å². The molecule has 0 radical (unpaired) electrons. The molecule has 2 aliphatic rings. The van der Waals surface area contributed by atoms with Crippen LogP contribution in [0.2, 0.25) is 0 Å². The van der Waals surface area contributed by atoms with Crippen molar-refractivity contribution in [2.24, 2.45) is 0 Å². The zero-order chi connectivity index (χ0) is 10.1. The molecule has 1 unspecified atom stereocenters. The normalized spacial score (nSPS) is 31.2. The lowest BCUT2D eigenvalue weighted by Gasteiger charge is -2.37. The molecule has 82 valence electrons. The van der Waals surface area contributed by atoms with Crippen LogP contribution in [-0.2, 0) is 16.7 Å². The van der Waals surface area contributed by atoms with Crippen molar-refractivity contribution in [3.8, 4) is 0 Å². The van der Waals surface area contributed by atoms with Gasteiger partial charge in [0.1, 0.15) is 0 Å². The van der Waals surface area contributed by atoms with E-state index in [4.69, 9.17) is 4.74 Å². The van der Waals surface area contributed by atoms with E-state index < -0.39 is 0 Å². The van der Waals surface area contributed by atoms with Gasteiger partial charge in [0.25, 0.3) is 0 Å². The van der Waals surface area contributed by atoms with Gasteiger partial charge in [0, 0.05) is 30.2 Å². The molecule has 0 bridgehead atoms. The molecule has 0 amide bonds. The standard InChI is InChI=1S/C12H17NOS/c1-4-12(5-8-14-7-1)10-3-9-15-11(10)2-6-13-12/h3,9,13H,1-2,4-8H2. The number of nitrogens with one attached hydrogen (secondary N) is 1. The zero-order valence-electron chi connectivity index (χ0n) is 8.92. The molecule has 1 fully saturated rings. The summed E-state index contributed by atoms with van der Waals surface area (Å²) in [5.74, 6) is 0. The van der Waals surface area contributed by atoms with Crippen molar-refractivity contribution in [3.63, 3.8) is 0 Å². The van der Waals surface area contributed by atoms with Gasteiger partial charge in [-0.3, -0.25) is 0 Å². The van der Waals surface area contributed by atoms with Crippen LogP contribution in [0, 0.1) is 0 Å². The highest BCUT2D eigenvalue weighted by atomic mass is 32.1. The Balaban J connectivity index is 1.98. The molecule has 1 atom stereocenters. The van der Waals surface area contributed by atoms with E-state index >= 15 is 0 Å². The number of rotatable bonds is 0. The molecule has 3 heterocycles. The van der Waals surface area contributed by atoms with Gasteiger partial charge in [-0.15, -0.1) is 11.3 Å². The third kappa shape index (κ3) is 1.63. The Morgan fingerprint density at radius 2 is 2.33 bits per heavy atom. The molecule has 0 saturated carbocycles. The average molecular weight is 223 g/mol. The molecule has 2 nitrogen and oxygen atoms in total. The number of hydrogen-bond donors (Lipinski definition) is 1. The summed E-state index contributed by atoms with van der Waals surface area (Å²) in [6.07, 6.45) is 4.76. The molecule has 1 saturated heterocycles. The number of thiophene rings is 1. The maximum atomic E-state index is 5.58. The molecular weight excluding hydrogens is 206 g/mol. The fraction of sp³-hybridized carbons (Fsp3) is 0.667. The first kappa shape index (κ1) is 9.82. The first-order chi connectivity index (χ1) is 7.41. The van der Waals surface area contributed by atoms with Crippen molar-refractivity contribution >= 4 is 11.3 Å². The molecule has 1 spiro atoms. The largest absolute Gasteiger partial charge is 0.381 e. The second-order valence-corrected chi connectivity index (χ2v) is 5.48. The Morgan fingerprint density at radius 1 is 1.33 bits per heavy atom. The lowest BCUT2D eigenvalue weighted by molar-refractivity contribution is 0.135. The van der Waals surface area contributed by atoms with Crippen molar-refractivity contribution in [1.82, 2.24) is 5.32 Å². The highest BCUT2D eigenvalue weighted by Crippen LogP contribution is 2.39. The highest BCUT2D eigenvalue weighted by Gasteiger charge is 2.37.